The molecular formula is C14H14O6. The molecule has 1 heterocycles. The van der Waals surface area contributed by atoms with Crippen LogP contribution >= 0.6 is 0 Å². The number of benzene rings is 1. The van der Waals surface area contributed by atoms with E-state index in [1.54, 1.807) is 6.92 Å². The van der Waals surface area contributed by atoms with Crippen molar-refractivity contribution in [1.29, 1.82) is 0 Å². The third-order valence-electron chi connectivity index (χ3n) is 2.71. The van der Waals surface area contributed by atoms with Gasteiger partial charge in [-0.15, -0.1) is 0 Å². The number of carbonyl (C=O) groups is 1. The first-order valence-electron chi connectivity index (χ1n) is 5.97. The highest BCUT2D eigenvalue weighted by molar-refractivity contribution is 5.89. The van der Waals surface area contributed by atoms with Gasteiger partial charge in [-0.2, -0.15) is 0 Å². The summed E-state index contributed by atoms with van der Waals surface area (Å²) in [5, 5.41) is 0.302. The summed E-state index contributed by atoms with van der Waals surface area (Å²) >= 11 is 0. The fraction of sp³-hybridized carbons (Fsp3) is 0.286. The van der Waals surface area contributed by atoms with Crippen molar-refractivity contribution in [3.8, 4) is 11.5 Å². The molecule has 0 fully saturated rings. The number of esters is 1. The largest absolute Gasteiger partial charge is 0.493 e. The van der Waals surface area contributed by atoms with Gasteiger partial charge in [0.2, 0.25) is 5.76 Å². The molecule has 0 saturated carbocycles. The van der Waals surface area contributed by atoms with E-state index in [1.807, 2.05) is 0 Å². The summed E-state index contributed by atoms with van der Waals surface area (Å²) < 4.78 is 20.4. The third kappa shape index (κ3) is 2.45. The minimum Gasteiger partial charge on any atom is -0.493 e. The molecule has 0 spiro atoms. The monoisotopic (exact) mass is 278 g/mol. The molecule has 106 valence electrons. The van der Waals surface area contributed by atoms with Crippen molar-refractivity contribution in [2.24, 2.45) is 0 Å². The molecule has 0 unspecified atom stereocenters. The van der Waals surface area contributed by atoms with Gasteiger partial charge in [-0.3, -0.25) is 4.79 Å². The maximum absolute atomic E-state index is 12.0. The van der Waals surface area contributed by atoms with Gasteiger partial charge < -0.3 is 18.6 Å². The lowest BCUT2D eigenvalue weighted by atomic mass is 10.2. The maximum Gasteiger partial charge on any atom is 0.374 e. The van der Waals surface area contributed by atoms with Crippen molar-refractivity contribution in [2.75, 3.05) is 20.8 Å². The van der Waals surface area contributed by atoms with Crippen molar-refractivity contribution < 1.29 is 23.4 Å². The van der Waals surface area contributed by atoms with E-state index in [-0.39, 0.29) is 23.4 Å². The second kappa shape index (κ2) is 5.64. The summed E-state index contributed by atoms with van der Waals surface area (Å²) in [7, 11) is 2.94. The lowest BCUT2D eigenvalue weighted by Gasteiger charge is -2.09. The number of hydrogen-bond donors (Lipinski definition) is 0. The van der Waals surface area contributed by atoms with Crippen LogP contribution in [0.4, 0.5) is 0 Å². The Bertz CT molecular complexity index is 701. The highest BCUT2D eigenvalue weighted by Gasteiger charge is 2.15. The lowest BCUT2D eigenvalue weighted by Crippen LogP contribution is -2.10. The van der Waals surface area contributed by atoms with Crippen LogP contribution in [0.15, 0.2) is 27.4 Å². The van der Waals surface area contributed by atoms with Gasteiger partial charge in [-0.1, -0.05) is 0 Å². The molecule has 1 aromatic carbocycles. The predicted octanol–water partition coefficient (Wildman–Crippen LogP) is 1.99. The van der Waals surface area contributed by atoms with Crippen molar-refractivity contribution in [2.45, 2.75) is 6.92 Å². The zero-order valence-corrected chi connectivity index (χ0v) is 11.4. The van der Waals surface area contributed by atoms with Crippen molar-refractivity contribution in [3.05, 3.63) is 34.2 Å². The zero-order chi connectivity index (χ0) is 14.7. The van der Waals surface area contributed by atoms with E-state index < -0.39 is 5.97 Å². The second-order valence-corrected chi connectivity index (χ2v) is 3.90. The Kier molecular flexibility index (Phi) is 3.93. The molecule has 20 heavy (non-hydrogen) atoms. The van der Waals surface area contributed by atoms with Gasteiger partial charge in [0.15, 0.2) is 16.9 Å². The predicted molar refractivity (Wildman–Crippen MR) is 71.5 cm³/mol. The topological polar surface area (TPSA) is 75.0 Å². The summed E-state index contributed by atoms with van der Waals surface area (Å²) in [6.45, 7) is 1.87. The zero-order valence-electron chi connectivity index (χ0n) is 11.4. The molecule has 0 radical (unpaired) electrons. The number of rotatable bonds is 4. The maximum atomic E-state index is 12.0. The molecule has 6 heteroatoms. The van der Waals surface area contributed by atoms with Crippen molar-refractivity contribution in [1.82, 2.24) is 0 Å². The number of hydrogen-bond acceptors (Lipinski definition) is 6. The average molecular weight is 278 g/mol. The van der Waals surface area contributed by atoms with E-state index in [0.717, 1.165) is 6.07 Å². The van der Waals surface area contributed by atoms with E-state index in [1.165, 1.54) is 26.4 Å². The minimum atomic E-state index is -0.679. The van der Waals surface area contributed by atoms with Crippen LogP contribution in [0.2, 0.25) is 0 Å². The van der Waals surface area contributed by atoms with Gasteiger partial charge >= 0.3 is 5.97 Å². The van der Waals surface area contributed by atoms with Crippen LogP contribution < -0.4 is 14.9 Å². The van der Waals surface area contributed by atoms with Crippen molar-refractivity contribution >= 4 is 16.9 Å². The molecule has 0 aliphatic heterocycles. The number of methoxy groups -OCH3 is 2. The highest BCUT2D eigenvalue weighted by Crippen LogP contribution is 2.31. The normalized spacial score (nSPS) is 10.3. The van der Waals surface area contributed by atoms with Crippen molar-refractivity contribution in [3.63, 3.8) is 0 Å². The molecule has 2 aromatic rings. The molecule has 0 atom stereocenters. The SMILES string of the molecule is CCOC(=O)c1cc(=O)c2cc(OC)c(OC)cc2o1. The summed E-state index contributed by atoms with van der Waals surface area (Å²) in [6.07, 6.45) is 0. The van der Waals surface area contributed by atoms with Crippen LogP contribution in [-0.4, -0.2) is 26.8 Å². The fourth-order valence-corrected chi connectivity index (χ4v) is 1.78. The van der Waals surface area contributed by atoms with Crippen LogP contribution in [0.25, 0.3) is 11.0 Å². The minimum absolute atomic E-state index is 0.142. The Labute approximate surface area is 114 Å². The van der Waals surface area contributed by atoms with Gasteiger partial charge in [-0.05, 0) is 13.0 Å². The van der Waals surface area contributed by atoms with Gasteiger partial charge in [0.05, 0.1) is 26.2 Å². The molecule has 6 nitrogen and oxygen atoms in total. The Hall–Kier alpha value is -2.50. The Morgan fingerprint density at radius 3 is 2.40 bits per heavy atom. The first-order valence-corrected chi connectivity index (χ1v) is 5.97. The fourth-order valence-electron chi connectivity index (χ4n) is 1.78. The van der Waals surface area contributed by atoms with E-state index in [2.05, 4.69) is 0 Å². The first-order chi connectivity index (χ1) is 9.60. The standard InChI is InChI=1S/C14H14O6/c1-4-19-14(16)13-6-9(15)8-5-11(17-2)12(18-3)7-10(8)20-13/h5-7H,4H2,1-3H3. The summed E-state index contributed by atoms with van der Waals surface area (Å²) in [4.78, 5) is 23.6. The molecule has 1 aromatic heterocycles. The molecule has 2 rings (SSSR count). The van der Waals surface area contributed by atoms with Crippen LogP contribution in [0.1, 0.15) is 17.5 Å². The number of carbonyl (C=O) groups excluding carboxylic acids is 1. The van der Waals surface area contributed by atoms with Gasteiger partial charge in [-0.25, -0.2) is 4.79 Å². The smallest absolute Gasteiger partial charge is 0.374 e. The van der Waals surface area contributed by atoms with Gasteiger partial charge in [0, 0.05) is 12.1 Å². The van der Waals surface area contributed by atoms with Gasteiger partial charge in [0.25, 0.3) is 0 Å². The second-order valence-electron chi connectivity index (χ2n) is 3.90. The lowest BCUT2D eigenvalue weighted by molar-refractivity contribution is 0.0490. The quantitative estimate of drug-likeness (QED) is 0.796. The van der Waals surface area contributed by atoms with E-state index in [9.17, 15) is 9.59 Å². The molecule has 0 amide bonds. The Morgan fingerprint density at radius 1 is 1.15 bits per heavy atom. The first kappa shape index (κ1) is 13.9. The molecule has 0 aliphatic rings. The van der Waals surface area contributed by atoms with Crippen LogP contribution in [0.3, 0.4) is 0 Å². The van der Waals surface area contributed by atoms with Gasteiger partial charge in [0.1, 0.15) is 5.58 Å². The van der Waals surface area contributed by atoms with E-state index >= 15 is 0 Å². The summed E-state index contributed by atoms with van der Waals surface area (Å²) in [6, 6.07) is 4.11. The summed E-state index contributed by atoms with van der Waals surface area (Å²) in [5.41, 5.74) is -0.117. The molecular weight excluding hydrogens is 264 g/mol. The van der Waals surface area contributed by atoms with Crippen LogP contribution in [0, 0.1) is 0 Å². The Balaban J connectivity index is 2.65. The average Bonchev–Trinajstić information content (AvgIpc) is 2.46. The molecule has 0 aliphatic carbocycles. The van der Waals surface area contributed by atoms with E-state index in [0.29, 0.717) is 16.9 Å². The molecule has 0 saturated heterocycles. The van der Waals surface area contributed by atoms with E-state index in [4.69, 9.17) is 18.6 Å². The van der Waals surface area contributed by atoms with Crippen LogP contribution in [-0.2, 0) is 4.74 Å². The third-order valence-corrected chi connectivity index (χ3v) is 2.71. The highest BCUT2D eigenvalue weighted by atomic mass is 16.5. The number of fused-ring (bicyclic) bond motifs is 1. The molecule has 0 N–H and O–H groups in total. The summed E-state index contributed by atoms with van der Waals surface area (Å²) in [5.74, 6) is -0.00167. The Morgan fingerprint density at radius 2 is 1.80 bits per heavy atom. The number of ether oxygens (including phenoxy) is 3. The van der Waals surface area contributed by atoms with Crippen LogP contribution in [0.5, 0.6) is 11.5 Å². The molecule has 0 bridgehead atoms.